The van der Waals surface area contributed by atoms with E-state index in [-0.39, 0.29) is 23.7 Å². The number of aromatic carboxylic acids is 1. The first kappa shape index (κ1) is 13.7. The zero-order valence-corrected chi connectivity index (χ0v) is 10.8. The fourth-order valence-corrected chi connectivity index (χ4v) is 1.73. The van der Waals surface area contributed by atoms with E-state index >= 15 is 0 Å². The van der Waals surface area contributed by atoms with Crippen molar-refractivity contribution in [2.45, 2.75) is 13.3 Å². The van der Waals surface area contributed by atoms with Gasteiger partial charge < -0.3 is 10.4 Å². The van der Waals surface area contributed by atoms with Crippen molar-refractivity contribution in [3.63, 3.8) is 0 Å². The number of aryl methyl sites for hydroxylation is 1. The molecule has 2 aromatic rings. The van der Waals surface area contributed by atoms with Crippen LogP contribution in [-0.4, -0.2) is 27.0 Å². The number of nitrogens with zero attached hydrogens (tertiary/aromatic N) is 2. The lowest BCUT2D eigenvalue weighted by Gasteiger charge is -2.08. The van der Waals surface area contributed by atoms with Gasteiger partial charge in [-0.1, -0.05) is 6.07 Å². The van der Waals surface area contributed by atoms with Crippen LogP contribution >= 0.6 is 0 Å². The molecule has 6 heteroatoms. The van der Waals surface area contributed by atoms with E-state index < -0.39 is 5.97 Å². The summed E-state index contributed by atoms with van der Waals surface area (Å²) in [7, 11) is 0. The van der Waals surface area contributed by atoms with E-state index in [1.165, 1.54) is 12.3 Å². The summed E-state index contributed by atoms with van der Waals surface area (Å²) in [6.07, 6.45) is 3.06. The van der Waals surface area contributed by atoms with Gasteiger partial charge in [-0.3, -0.25) is 9.78 Å². The number of anilines is 1. The van der Waals surface area contributed by atoms with Gasteiger partial charge in [0.2, 0.25) is 5.91 Å². The maximum absolute atomic E-state index is 11.9. The minimum Gasteiger partial charge on any atom is -0.476 e. The van der Waals surface area contributed by atoms with Crippen molar-refractivity contribution in [2.75, 3.05) is 5.32 Å². The Morgan fingerprint density at radius 3 is 2.60 bits per heavy atom. The van der Waals surface area contributed by atoms with Crippen LogP contribution in [-0.2, 0) is 11.2 Å². The van der Waals surface area contributed by atoms with Crippen LogP contribution in [0.5, 0.6) is 0 Å². The summed E-state index contributed by atoms with van der Waals surface area (Å²) in [5.74, 6) is -1.52. The predicted molar refractivity (Wildman–Crippen MR) is 72.5 cm³/mol. The second-order valence-electron chi connectivity index (χ2n) is 4.20. The first-order chi connectivity index (χ1) is 9.58. The summed E-state index contributed by atoms with van der Waals surface area (Å²) in [6.45, 7) is 1.86. The maximum Gasteiger partial charge on any atom is 0.356 e. The highest BCUT2D eigenvalue weighted by Gasteiger charge is 2.14. The highest BCUT2D eigenvalue weighted by atomic mass is 16.4. The number of rotatable bonds is 4. The highest BCUT2D eigenvalue weighted by Crippen LogP contribution is 2.13. The number of carbonyl (C=O) groups excluding carboxylic acids is 1. The number of carbonyl (C=O) groups is 2. The van der Waals surface area contributed by atoms with Crippen molar-refractivity contribution < 1.29 is 14.7 Å². The average molecular weight is 271 g/mol. The van der Waals surface area contributed by atoms with Gasteiger partial charge in [-0.05, 0) is 30.7 Å². The molecular weight excluding hydrogens is 258 g/mol. The third-order valence-electron chi connectivity index (χ3n) is 2.73. The van der Waals surface area contributed by atoms with E-state index in [4.69, 9.17) is 5.11 Å². The van der Waals surface area contributed by atoms with Gasteiger partial charge in [-0.25, -0.2) is 9.78 Å². The molecule has 0 fully saturated rings. The monoisotopic (exact) mass is 271 g/mol. The Balaban J connectivity index is 2.13. The summed E-state index contributed by atoms with van der Waals surface area (Å²) < 4.78 is 0. The number of hydrogen-bond donors (Lipinski definition) is 2. The summed E-state index contributed by atoms with van der Waals surface area (Å²) in [5, 5.41) is 11.5. The lowest BCUT2D eigenvalue weighted by atomic mass is 10.1. The van der Waals surface area contributed by atoms with Gasteiger partial charge in [0.25, 0.3) is 0 Å². The first-order valence-electron chi connectivity index (χ1n) is 5.96. The molecule has 102 valence electrons. The van der Waals surface area contributed by atoms with Crippen LogP contribution in [0.15, 0.2) is 36.7 Å². The van der Waals surface area contributed by atoms with Crippen LogP contribution < -0.4 is 5.32 Å². The average Bonchev–Trinajstić information content (AvgIpc) is 2.41. The summed E-state index contributed by atoms with van der Waals surface area (Å²) in [5.41, 5.74) is 1.57. The fourth-order valence-electron chi connectivity index (χ4n) is 1.73. The molecule has 2 N–H and O–H groups in total. The molecule has 2 heterocycles. The minimum atomic E-state index is -1.19. The van der Waals surface area contributed by atoms with Crippen LogP contribution in [0.25, 0.3) is 0 Å². The van der Waals surface area contributed by atoms with Gasteiger partial charge in [0.1, 0.15) is 0 Å². The zero-order valence-electron chi connectivity index (χ0n) is 10.8. The van der Waals surface area contributed by atoms with E-state index in [0.717, 1.165) is 5.56 Å². The molecule has 0 aromatic carbocycles. The third-order valence-corrected chi connectivity index (χ3v) is 2.73. The number of nitrogens with one attached hydrogen (secondary N) is 1. The Labute approximate surface area is 115 Å². The number of carboxylic acid groups (broad SMARTS) is 1. The topological polar surface area (TPSA) is 92.2 Å². The minimum absolute atomic E-state index is 0.0840. The van der Waals surface area contributed by atoms with E-state index in [1.54, 1.807) is 18.3 Å². The number of hydrogen-bond acceptors (Lipinski definition) is 4. The highest BCUT2D eigenvalue weighted by molar-refractivity contribution is 5.99. The molecule has 0 aliphatic heterocycles. The Morgan fingerprint density at radius 1 is 1.20 bits per heavy atom. The molecular formula is C14H13N3O3. The maximum atomic E-state index is 11.9. The third kappa shape index (κ3) is 3.17. The van der Waals surface area contributed by atoms with Gasteiger partial charge >= 0.3 is 5.97 Å². The molecule has 0 aliphatic rings. The molecule has 2 aromatic heterocycles. The smallest absolute Gasteiger partial charge is 0.356 e. The second kappa shape index (κ2) is 5.92. The van der Waals surface area contributed by atoms with E-state index in [9.17, 15) is 9.59 Å². The largest absolute Gasteiger partial charge is 0.476 e. The van der Waals surface area contributed by atoms with Gasteiger partial charge in [0, 0.05) is 12.4 Å². The van der Waals surface area contributed by atoms with Crippen molar-refractivity contribution >= 4 is 17.6 Å². The van der Waals surface area contributed by atoms with Crippen molar-refractivity contribution in [1.29, 1.82) is 0 Å². The molecule has 0 spiro atoms. The normalized spacial score (nSPS) is 10.1. The predicted octanol–water partition coefficient (Wildman–Crippen LogP) is 1.66. The van der Waals surface area contributed by atoms with Gasteiger partial charge in [-0.2, -0.15) is 0 Å². The molecule has 0 bridgehead atoms. The SMILES string of the molecule is Cc1cccnc1CC(=O)Nc1cccnc1C(=O)O. The molecule has 0 saturated heterocycles. The zero-order chi connectivity index (χ0) is 14.5. The van der Waals surface area contributed by atoms with Crippen LogP contribution in [0.2, 0.25) is 0 Å². The van der Waals surface area contributed by atoms with Gasteiger partial charge in [0.05, 0.1) is 17.8 Å². The molecule has 0 aliphatic carbocycles. The Morgan fingerprint density at radius 2 is 1.90 bits per heavy atom. The Kier molecular flexibility index (Phi) is 4.05. The molecule has 20 heavy (non-hydrogen) atoms. The molecule has 0 unspecified atom stereocenters. The van der Waals surface area contributed by atoms with E-state index in [0.29, 0.717) is 5.69 Å². The standard InChI is InChI=1S/C14H13N3O3/c1-9-4-2-6-15-11(9)8-12(18)17-10-5-3-7-16-13(10)14(19)20/h2-7H,8H2,1H3,(H,17,18)(H,19,20). The molecule has 0 atom stereocenters. The summed E-state index contributed by atoms with van der Waals surface area (Å²) in [4.78, 5) is 30.8. The van der Waals surface area contributed by atoms with Crippen molar-refractivity contribution in [1.82, 2.24) is 9.97 Å². The number of amides is 1. The van der Waals surface area contributed by atoms with Crippen molar-refractivity contribution in [2.24, 2.45) is 0 Å². The lowest BCUT2D eigenvalue weighted by molar-refractivity contribution is -0.115. The van der Waals surface area contributed by atoms with Gasteiger partial charge in [0.15, 0.2) is 5.69 Å². The van der Waals surface area contributed by atoms with Crippen LogP contribution in [0, 0.1) is 6.92 Å². The lowest BCUT2D eigenvalue weighted by Crippen LogP contribution is -2.18. The molecule has 0 saturated carbocycles. The van der Waals surface area contributed by atoms with Crippen LogP contribution in [0.3, 0.4) is 0 Å². The number of carboxylic acids is 1. The van der Waals surface area contributed by atoms with E-state index in [2.05, 4.69) is 15.3 Å². The molecule has 6 nitrogen and oxygen atoms in total. The number of aromatic nitrogens is 2. The van der Waals surface area contributed by atoms with Gasteiger partial charge in [-0.15, -0.1) is 0 Å². The summed E-state index contributed by atoms with van der Waals surface area (Å²) >= 11 is 0. The quantitative estimate of drug-likeness (QED) is 0.882. The summed E-state index contributed by atoms with van der Waals surface area (Å²) in [6, 6.07) is 6.72. The molecule has 1 amide bonds. The molecule has 2 rings (SSSR count). The molecule has 0 radical (unpaired) electrons. The number of pyridine rings is 2. The Hall–Kier alpha value is -2.76. The fraction of sp³-hybridized carbons (Fsp3) is 0.143. The second-order valence-corrected chi connectivity index (χ2v) is 4.20. The van der Waals surface area contributed by atoms with Crippen molar-refractivity contribution in [3.8, 4) is 0 Å². The first-order valence-corrected chi connectivity index (χ1v) is 5.96. The van der Waals surface area contributed by atoms with E-state index in [1.807, 2.05) is 13.0 Å². The van der Waals surface area contributed by atoms with Crippen LogP contribution in [0.1, 0.15) is 21.7 Å². The van der Waals surface area contributed by atoms with Crippen LogP contribution in [0.4, 0.5) is 5.69 Å². The van der Waals surface area contributed by atoms with Crippen molar-refractivity contribution in [3.05, 3.63) is 53.6 Å². The Bertz CT molecular complexity index is 656.